The van der Waals surface area contributed by atoms with Crippen LogP contribution in [0.3, 0.4) is 0 Å². The predicted octanol–water partition coefficient (Wildman–Crippen LogP) is 4.06. The van der Waals surface area contributed by atoms with Crippen LogP contribution in [0.15, 0.2) is 11.6 Å². The minimum atomic E-state index is -0.363. The van der Waals surface area contributed by atoms with E-state index in [9.17, 15) is 9.59 Å². The highest BCUT2D eigenvalue weighted by Gasteiger charge is 2.60. The summed E-state index contributed by atoms with van der Waals surface area (Å²) in [7, 11) is 0. The van der Waals surface area contributed by atoms with Crippen molar-refractivity contribution in [1.82, 2.24) is 0 Å². The molecule has 4 aliphatic rings. The average molecular weight is 316 g/mol. The normalized spacial score (nSPS) is 45.5. The number of fused-ring (bicyclic) bond motifs is 5. The highest BCUT2D eigenvalue weighted by atomic mass is 16.5. The van der Waals surface area contributed by atoms with E-state index in [1.165, 1.54) is 25.7 Å². The van der Waals surface area contributed by atoms with Crippen LogP contribution >= 0.6 is 0 Å². The van der Waals surface area contributed by atoms with Crippen molar-refractivity contribution in [3.63, 3.8) is 0 Å². The van der Waals surface area contributed by atoms with E-state index >= 15 is 0 Å². The molecule has 4 aliphatic carbocycles. The molecule has 3 nitrogen and oxygen atoms in total. The summed E-state index contributed by atoms with van der Waals surface area (Å²) in [5.41, 5.74) is 1.70. The highest BCUT2D eigenvalue weighted by molar-refractivity contribution is 5.88. The third kappa shape index (κ3) is 2.08. The van der Waals surface area contributed by atoms with E-state index in [-0.39, 0.29) is 5.41 Å². The summed E-state index contributed by atoms with van der Waals surface area (Å²) in [5, 5.41) is 0. The Morgan fingerprint density at radius 1 is 1.22 bits per heavy atom. The van der Waals surface area contributed by atoms with Crippen molar-refractivity contribution in [2.75, 3.05) is 6.61 Å². The Hall–Kier alpha value is -1.12. The number of rotatable bonds is 3. The maximum absolute atomic E-state index is 12.7. The van der Waals surface area contributed by atoms with E-state index in [0.717, 1.165) is 31.6 Å². The number of hydrogen-bond donors (Lipinski definition) is 0. The number of allylic oxidation sites excluding steroid dienone is 2. The summed E-state index contributed by atoms with van der Waals surface area (Å²) in [6.07, 6.45) is 12.7. The largest absolute Gasteiger partial charge is 0.467 e. The topological polar surface area (TPSA) is 43.4 Å². The second-order valence-corrected chi connectivity index (χ2v) is 8.53. The average Bonchev–Trinajstić information content (AvgIpc) is 2.90. The smallest absolute Gasteiger partial charge is 0.293 e. The maximum Gasteiger partial charge on any atom is 0.293 e. The molecule has 0 unspecified atom stereocenters. The molecule has 3 fully saturated rings. The Balaban J connectivity index is 1.67. The molecule has 5 atom stereocenters. The molecule has 0 aromatic heterocycles. The summed E-state index contributed by atoms with van der Waals surface area (Å²) < 4.78 is 5.14. The number of carbonyl (C=O) groups is 2. The minimum Gasteiger partial charge on any atom is -0.467 e. The number of ketones is 1. The lowest BCUT2D eigenvalue weighted by Crippen LogP contribution is -2.52. The molecule has 0 aromatic carbocycles. The Kier molecular flexibility index (Phi) is 3.66. The number of Topliss-reactive ketones (excluding diaryl/α,β-unsaturated/α-hetero) is 1. The van der Waals surface area contributed by atoms with Gasteiger partial charge in [0.2, 0.25) is 0 Å². The molecule has 23 heavy (non-hydrogen) atoms. The van der Waals surface area contributed by atoms with Crippen LogP contribution in [0.2, 0.25) is 0 Å². The van der Waals surface area contributed by atoms with Crippen LogP contribution in [0.5, 0.6) is 0 Å². The summed E-state index contributed by atoms with van der Waals surface area (Å²) in [6, 6.07) is 0. The number of carbonyl (C=O) groups excluding carboxylic acids is 2. The van der Waals surface area contributed by atoms with Crippen molar-refractivity contribution >= 4 is 12.3 Å². The van der Waals surface area contributed by atoms with Gasteiger partial charge in [-0.05, 0) is 68.1 Å². The van der Waals surface area contributed by atoms with Gasteiger partial charge in [0.15, 0.2) is 0 Å². The number of hydrogen-bond acceptors (Lipinski definition) is 3. The molecule has 0 aromatic rings. The predicted molar refractivity (Wildman–Crippen MR) is 87.7 cm³/mol. The molecule has 0 radical (unpaired) electrons. The summed E-state index contributed by atoms with van der Waals surface area (Å²) in [4.78, 5) is 23.4. The van der Waals surface area contributed by atoms with E-state index < -0.39 is 0 Å². The first-order valence-electron chi connectivity index (χ1n) is 9.40. The monoisotopic (exact) mass is 316 g/mol. The third-order valence-electron chi connectivity index (χ3n) is 7.87. The molecule has 0 saturated heterocycles. The van der Waals surface area contributed by atoms with Crippen LogP contribution in [-0.2, 0) is 14.3 Å². The van der Waals surface area contributed by atoms with Crippen molar-refractivity contribution < 1.29 is 14.3 Å². The van der Waals surface area contributed by atoms with Crippen LogP contribution in [0.25, 0.3) is 0 Å². The van der Waals surface area contributed by atoms with Gasteiger partial charge in [-0.1, -0.05) is 25.0 Å². The standard InChI is InChI=1S/C20H28O3/c1-19-10-3-2-4-14(19)5-6-15-16(19)9-11-20(12-23-13-21)17(15)7-8-18(20)22/h5,13,15-17H,2-4,6-12H2,1H3/t15-,16+,17+,19+,20-/m1/s1. The van der Waals surface area contributed by atoms with Gasteiger partial charge in [0, 0.05) is 6.42 Å². The van der Waals surface area contributed by atoms with Crippen LogP contribution in [0.4, 0.5) is 0 Å². The van der Waals surface area contributed by atoms with E-state index in [1.807, 2.05) is 0 Å². The molecule has 0 spiro atoms. The lowest BCUT2D eigenvalue weighted by molar-refractivity contribution is -0.147. The van der Waals surface area contributed by atoms with Crippen molar-refractivity contribution in [3.8, 4) is 0 Å². The van der Waals surface area contributed by atoms with Gasteiger partial charge in [0.1, 0.15) is 12.4 Å². The van der Waals surface area contributed by atoms with Crippen LogP contribution in [0, 0.1) is 28.6 Å². The lowest BCUT2D eigenvalue weighted by Gasteiger charge is -2.56. The maximum atomic E-state index is 12.7. The molecule has 126 valence electrons. The van der Waals surface area contributed by atoms with Crippen molar-refractivity contribution in [2.45, 2.75) is 64.7 Å². The van der Waals surface area contributed by atoms with Gasteiger partial charge in [0.05, 0.1) is 5.41 Å². The first-order valence-corrected chi connectivity index (χ1v) is 9.40. The van der Waals surface area contributed by atoms with Gasteiger partial charge in [-0.2, -0.15) is 0 Å². The molecule has 0 aliphatic heterocycles. The second-order valence-electron chi connectivity index (χ2n) is 8.53. The molecule has 0 amide bonds. The highest BCUT2D eigenvalue weighted by Crippen LogP contribution is 2.64. The lowest BCUT2D eigenvalue weighted by atomic mass is 9.48. The third-order valence-corrected chi connectivity index (χ3v) is 7.87. The van der Waals surface area contributed by atoms with Gasteiger partial charge in [0.25, 0.3) is 6.47 Å². The number of ether oxygens (including phenoxy) is 1. The molecule has 4 rings (SSSR count). The van der Waals surface area contributed by atoms with Crippen molar-refractivity contribution in [3.05, 3.63) is 11.6 Å². The van der Waals surface area contributed by atoms with Gasteiger partial charge in [-0.25, -0.2) is 0 Å². The Morgan fingerprint density at radius 2 is 2.09 bits per heavy atom. The van der Waals surface area contributed by atoms with Gasteiger partial charge < -0.3 is 4.74 Å². The fourth-order valence-electron chi connectivity index (χ4n) is 6.73. The van der Waals surface area contributed by atoms with Crippen LogP contribution < -0.4 is 0 Å². The Bertz CT molecular complexity index is 551. The molecule has 0 heterocycles. The summed E-state index contributed by atoms with van der Waals surface area (Å²) in [5.74, 6) is 2.11. The zero-order valence-corrected chi connectivity index (χ0v) is 14.2. The van der Waals surface area contributed by atoms with Gasteiger partial charge >= 0.3 is 0 Å². The van der Waals surface area contributed by atoms with Crippen LogP contribution in [-0.4, -0.2) is 18.9 Å². The van der Waals surface area contributed by atoms with E-state index in [0.29, 0.717) is 42.5 Å². The van der Waals surface area contributed by atoms with Crippen molar-refractivity contribution in [1.29, 1.82) is 0 Å². The molecule has 0 N–H and O–H groups in total. The first kappa shape index (κ1) is 15.4. The molecule has 3 heteroatoms. The zero-order chi connectivity index (χ0) is 16.1. The summed E-state index contributed by atoms with van der Waals surface area (Å²) >= 11 is 0. The fraction of sp³-hybridized carbons (Fsp3) is 0.800. The Morgan fingerprint density at radius 3 is 2.91 bits per heavy atom. The quantitative estimate of drug-likeness (QED) is 0.582. The van der Waals surface area contributed by atoms with E-state index in [4.69, 9.17) is 4.74 Å². The minimum absolute atomic E-state index is 0.316. The molecule has 0 bridgehead atoms. The Labute approximate surface area is 138 Å². The van der Waals surface area contributed by atoms with Crippen molar-refractivity contribution in [2.24, 2.45) is 28.6 Å². The SMILES string of the molecule is C[C@]12CCCCC1=CC[C@H]1[C@@H]3CCC(=O)[C@@]3(COC=O)CC[C@@H]12. The van der Waals surface area contributed by atoms with Crippen LogP contribution in [0.1, 0.15) is 64.7 Å². The second kappa shape index (κ2) is 5.46. The van der Waals surface area contributed by atoms with E-state index in [2.05, 4.69) is 13.0 Å². The van der Waals surface area contributed by atoms with E-state index in [1.54, 1.807) is 5.57 Å². The van der Waals surface area contributed by atoms with Gasteiger partial charge in [-0.15, -0.1) is 0 Å². The molecular weight excluding hydrogens is 288 g/mol. The molecule has 3 saturated carbocycles. The van der Waals surface area contributed by atoms with Gasteiger partial charge in [-0.3, -0.25) is 9.59 Å². The fourth-order valence-corrected chi connectivity index (χ4v) is 6.73. The molecular formula is C20H28O3. The summed E-state index contributed by atoms with van der Waals surface area (Å²) in [6.45, 7) is 3.32. The zero-order valence-electron chi connectivity index (χ0n) is 14.2. The first-order chi connectivity index (χ1) is 11.1.